The predicted octanol–water partition coefficient (Wildman–Crippen LogP) is 1.43. The van der Waals surface area contributed by atoms with E-state index in [2.05, 4.69) is 25.2 Å². The fourth-order valence-electron chi connectivity index (χ4n) is 3.68. The average Bonchev–Trinajstić information content (AvgIpc) is 3.06. The Morgan fingerprint density at radius 2 is 2.04 bits per heavy atom. The minimum atomic E-state index is -0.229. The summed E-state index contributed by atoms with van der Waals surface area (Å²) >= 11 is 0. The minimum absolute atomic E-state index is 0.0503. The fourth-order valence-corrected chi connectivity index (χ4v) is 3.68. The van der Waals surface area contributed by atoms with Gasteiger partial charge in [0.25, 0.3) is 5.91 Å². The first-order chi connectivity index (χ1) is 12.2. The van der Waals surface area contributed by atoms with E-state index in [1.54, 1.807) is 36.9 Å². The number of nitrogens with zero attached hydrogens (tertiary/aromatic N) is 4. The Morgan fingerprint density at radius 3 is 2.84 bits per heavy atom. The monoisotopic (exact) mass is 339 g/mol. The Bertz CT molecular complexity index is 727. The number of hydrogen-bond acceptors (Lipinski definition) is 6. The summed E-state index contributed by atoms with van der Waals surface area (Å²) in [6, 6.07) is 5.39. The average molecular weight is 339 g/mol. The quantitative estimate of drug-likeness (QED) is 0.911. The van der Waals surface area contributed by atoms with Crippen LogP contribution in [-0.2, 0) is 4.74 Å². The molecule has 7 heteroatoms. The molecule has 7 nitrogen and oxygen atoms in total. The Morgan fingerprint density at radius 1 is 1.24 bits per heavy atom. The van der Waals surface area contributed by atoms with Gasteiger partial charge in [-0.15, -0.1) is 0 Å². The first-order valence-electron chi connectivity index (χ1n) is 8.61. The maximum absolute atomic E-state index is 12.4. The number of nitrogens with one attached hydrogen (secondary N) is 1. The number of rotatable bonds is 3. The van der Waals surface area contributed by atoms with Gasteiger partial charge in [-0.2, -0.15) is 0 Å². The van der Waals surface area contributed by atoms with Crippen molar-refractivity contribution in [2.75, 3.05) is 24.6 Å². The molecule has 2 aliphatic rings. The lowest BCUT2D eigenvalue weighted by Crippen LogP contribution is -2.50. The summed E-state index contributed by atoms with van der Waals surface area (Å²) in [5.74, 6) is 0.691. The van der Waals surface area contributed by atoms with Gasteiger partial charge < -0.3 is 15.0 Å². The number of aromatic nitrogens is 3. The van der Waals surface area contributed by atoms with Gasteiger partial charge in [0.05, 0.1) is 12.1 Å². The third-order valence-electron chi connectivity index (χ3n) is 4.92. The lowest BCUT2D eigenvalue weighted by molar-refractivity contribution is -0.0721. The van der Waals surface area contributed by atoms with Crippen LogP contribution in [0.15, 0.2) is 43.0 Å². The van der Waals surface area contributed by atoms with Gasteiger partial charge in [-0.25, -0.2) is 9.97 Å². The van der Waals surface area contributed by atoms with Crippen LogP contribution in [0.25, 0.3) is 0 Å². The number of ether oxygens (including phenoxy) is 1. The van der Waals surface area contributed by atoms with Crippen LogP contribution in [0.4, 0.5) is 5.95 Å². The van der Waals surface area contributed by atoms with Crippen molar-refractivity contribution in [3.8, 4) is 0 Å². The van der Waals surface area contributed by atoms with Gasteiger partial charge in [0.15, 0.2) is 0 Å². The van der Waals surface area contributed by atoms with E-state index in [1.807, 2.05) is 6.07 Å². The molecule has 2 aromatic heterocycles. The first-order valence-corrected chi connectivity index (χ1v) is 8.61. The second-order valence-electron chi connectivity index (χ2n) is 6.65. The SMILES string of the molecule is O=C(N[C@@H]1CCO[C@]2(CCN(c3ncccn3)C2)C1)c1ccncc1. The van der Waals surface area contributed by atoms with E-state index in [0.29, 0.717) is 12.2 Å². The molecule has 1 amide bonds. The number of amides is 1. The summed E-state index contributed by atoms with van der Waals surface area (Å²) in [6.07, 6.45) is 9.35. The van der Waals surface area contributed by atoms with Crippen LogP contribution in [0.2, 0.25) is 0 Å². The summed E-state index contributed by atoms with van der Waals surface area (Å²) in [6.45, 7) is 2.29. The van der Waals surface area contributed by atoms with Crippen LogP contribution in [0.3, 0.4) is 0 Å². The molecule has 2 saturated heterocycles. The smallest absolute Gasteiger partial charge is 0.251 e. The van der Waals surface area contributed by atoms with Gasteiger partial charge in [0.2, 0.25) is 5.95 Å². The Kier molecular flexibility index (Phi) is 4.31. The van der Waals surface area contributed by atoms with E-state index in [1.165, 1.54) is 0 Å². The normalized spacial score (nSPS) is 25.9. The Labute approximate surface area is 146 Å². The van der Waals surface area contributed by atoms with E-state index in [-0.39, 0.29) is 17.6 Å². The number of hydrogen-bond donors (Lipinski definition) is 1. The summed E-state index contributed by atoms with van der Waals surface area (Å²) in [4.78, 5) is 27.2. The molecule has 2 atom stereocenters. The largest absolute Gasteiger partial charge is 0.373 e. The molecule has 4 heterocycles. The summed E-state index contributed by atoms with van der Waals surface area (Å²) in [5, 5.41) is 3.14. The summed E-state index contributed by atoms with van der Waals surface area (Å²) < 4.78 is 6.14. The van der Waals surface area contributed by atoms with Crippen LogP contribution in [0.5, 0.6) is 0 Å². The van der Waals surface area contributed by atoms with Gasteiger partial charge in [0, 0.05) is 49.5 Å². The molecule has 2 fully saturated rings. The van der Waals surface area contributed by atoms with Crippen molar-refractivity contribution >= 4 is 11.9 Å². The van der Waals surface area contributed by atoms with Gasteiger partial charge in [-0.1, -0.05) is 0 Å². The Hall–Kier alpha value is -2.54. The molecule has 0 aliphatic carbocycles. The minimum Gasteiger partial charge on any atom is -0.373 e. The highest BCUT2D eigenvalue weighted by Gasteiger charge is 2.44. The molecule has 0 bridgehead atoms. The zero-order valence-corrected chi connectivity index (χ0v) is 14.0. The van der Waals surface area contributed by atoms with Crippen molar-refractivity contribution in [2.24, 2.45) is 0 Å². The zero-order chi connectivity index (χ0) is 17.1. The second kappa shape index (κ2) is 6.76. The third-order valence-corrected chi connectivity index (χ3v) is 4.92. The molecule has 130 valence electrons. The maximum Gasteiger partial charge on any atom is 0.251 e. The fraction of sp³-hybridized carbons (Fsp3) is 0.444. The molecule has 0 saturated carbocycles. The highest BCUT2D eigenvalue weighted by atomic mass is 16.5. The van der Waals surface area contributed by atoms with Crippen molar-refractivity contribution < 1.29 is 9.53 Å². The molecule has 0 aromatic carbocycles. The van der Waals surface area contributed by atoms with Crippen molar-refractivity contribution in [2.45, 2.75) is 30.9 Å². The predicted molar refractivity (Wildman–Crippen MR) is 92.3 cm³/mol. The number of pyridine rings is 1. The van der Waals surface area contributed by atoms with Gasteiger partial charge in [0.1, 0.15) is 0 Å². The highest BCUT2D eigenvalue weighted by Crippen LogP contribution is 2.35. The number of carbonyl (C=O) groups excluding carboxylic acids is 1. The summed E-state index contributed by atoms with van der Waals surface area (Å²) in [5.41, 5.74) is 0.412. The van der Waals surface area contributed by atoms with E-state index in [4.69, 9.17) is 4.74 Å². The first kappa shape index (κ1) is 16.0. The van der Waals surface area contributed by atoms with Crippen molar-refractivity contribution in [1.82, 2.24) is 20.3 Å². The molecule has 1 spiro atoms. The van der Waals surface area contributed by atoms with Crippen molar-refractivity contribution in [3.63, 3.8) is 0 Å². The molecular formula is C18H21N5O2. The topological polar surface area (TPSA) is 80.2 Å². The number of carbonyl (C=O) groups is 1. The Balaban J connectivity index is 1.40. The molecule has 0 unspecified atom stereocenters. The van der Waals surface area contributed by atoms with Crippen molar-refractivity contribution in [1.29, 1.82) is 0 Å². The van der Waals surface area contributed by atoms with Gasteiger partial charge in [-0.3, -0.25) is 9.78 Å². The van der Waals surface area contributed by atoms with Gasteiger partial charge in [-0.05, 0) is 37.5 Å². The molecule has 2 aromatic rings. The zero-order valence-electron chi connectivity index (χ0n) is 14.0. The van der Waals surface area contributed by atoms with E-state index < -0.39 is 0 Å². The lowest BCUT2D eigenvalue weighted by atomic mass is 9.89. The third kappa shape index (κ3) is 3.46. The van der Waals surface area contributed by atoms with Crippen LogP contribution in [-0.4, -0.2) is 52.2 Å². The van der Waals surface area contributed by atoms with Crippen LogP contribution in [0.1, 0.15) is 29.6 Å². The molecular weight excluding hydrogens is 318 g/mol. The highest BCUT2D eigenvalue weighted by molar-refractivity contribution is 5.94. The second-order valence-corrected chi connectivity index (χ2v) is 6.65. The van der Waals surface area contributed by atoms with E-state index >= 15 is 0 Å². The van der Waals surface area contributed by atoms with E-state index in [9.17, 15) is 4.79 Å². The van der Waals surface area contributed by atoms with Crippen LogP contribution >= 0.6 is 0 Å². The molecule has 1 N–H and O–H groups in total. The maximum atomic E-state index is 12.4. The molecule has 0 radical (unpaired) electrons. The van der Waals surface area contributed by atoms with Crippen molar-refractivity contribution in [3.05, 3.63) is 48.5 Å². The van der Waals surface area contributed by atoms with Gasteiger partial charge >= 0.3 is 0 Å². The summed E-state index contributed by atoms with van der Waals surface area (Å²) in [7, 11) is 0. The standard InChI is InChI=1S/C18H21N5O2/c24-16(14-2-8-19-9-3-14)22-15-4-11-25-18(12-15)5-10-23(13-18)17-20-6-1-7-21-17/h1-3,6-9,15H,4-5,10-13H2,(H,22,24)/t15-,18-/m1/s1. The van der Waals surface area contributed by atoms with Crippen LogP contribution < -0.4 is 10.2 Å². The number of anilines is 1. The van der Waals surface area contributed by atoms with Crippen LogP contribution in [0, 0.1) is 0 Å². The van der Waals surface area contributed by atoms with E-state index in [0.717, 1.165) is 38.3 Å². The molecule has 2 aliphatic heterocycles. The molecule has 4 rings (SSSR count). The lowest BCUT2D eigenvalue weighted by Gasteiger charge is -2.38. The molecule has 25 heavy (non-hydrogen) atoms.